The molecule has 6 aromatic heterocycles. The zero-order chi connectivity index (χ0) is 31.5. The van der Waals surface area contributed by atoms with Crippen LogP contribution in [0.25, 0.3) is 44.6 Å². The lowest BCUT2D eigenvalue weighted by atomic mass is 10.2. The van der Waals surface area contributed by atoms with Gasteiger partial charge in [-0.05, 0) is 24.3 Å². The van der Waals surface area contributed by atoms with Crippen molar-refractivity contribution in [3.05, 3.63) is 74.1 Å². The summed E-state index contributed by atoms with van der Waals surface area (Å²) in [6.45, 7) is 0. The van der Waals surface area contributed by atoms with Crippen molar-refractivity contribution in [3.8, 4) is 34.7 Å². The summed E-state index contributed by atoms with van der Waals surface area (Å²) < 4.78 is 80.0. The maximum atomic E-state index is 13.0. The highest BCUT2D eigenvalue weighted by Gasteiger charge is 2.41. The van der Waals surface area contributed by atoms with Crippen LogP contribution in [0.2, 0.25) is 0 Å². The average molecular weight is 611 g/mol. The van der Waals surface area contributed by atoms with Crippen LogP contribution in [0.3, 0.4) is 0 Å². The van der Waals surface area contributed by atoms with Crippen LogP contribution >= 0.6 is 0 Å². The van der Waals surface area contributed by atoms with E-state index in [1.165, 1.54) is 37.4 Å². The van der Waals surface area contributed by atoms with Crippen molar-refractivity contribution in [2.45, 2.75) is 37.3 Å². The number of aromatic nitrogens is 8. The van der Waals surface area contributed by atoms with Gasteiger partial charge in [-0.3, -0.25) is 0 Å². The van der Waals surface area contributed by atoms with Gasteiger partial charge in [0.25, 0.3) is 0 Å². The number of halogens is 6. The molecule has 0 fully saturated rings. The van der Waals surface area contributed by atoms with Gasteiger partial charge in [-0.15, -0.1) is 0 Å². The molecular formula is C28H20F6N10. The predicted octanol–water partition coefficient (Wildman–Crippen LogP) is 6.89. The molecule has 2 atom stereocenters. The SMILES string of the molecule is N#CC[C@@H](n1ccc(-c2ncnc3[nH]ccc23)c1)C(F)(F)F.N#CC[C@H](n1ccc(-c2ncnc3[nH]ccc23)c1)C(F)(F)F. The minimum absolute atomic E-state index is 0.541. The number of alkyl halides is 6. The lowest BCUT2D eigenvalue weighted by Crippen LogP contribution is -2.25. The second kappa shape index (κ2) is 11.9. The van der Waals surface area contributed by atoms with Crippen molar-refractivity contribution in [2.75, 3.05) is 0 Å². The topological polar surface area (TPSA) is 141 Å². The van der Waals surface area contributed by atoms with E-state index in [9.17, 15) is 26.3 Å². The van der Waals surface area contributed by atoms with Crippen LogP contribution in [-0.4, -0.2) is 51.4 Å². The summed E-state index contributed by atoms with van der Waals surface area (Å²) in [5.74, 6) is 0. The summed E-state index contributed by atoms with van der Waals surface area (Å²) >= 11 is 0. The molecule has 44 heavy (non-hydrogen) atoms. The van der Waals surface area contributed by atoms with Gasteiger partial charge in [0, 0.05) is 59.1 Å². The normalized spacial score (nSPS) is 13.2. The molecule has 0 unspecified atom stereocenters. The highest BCUT2D eigenvalue weighted by atomic mass is 19.4. The minimum atomic E-state index is -4.49. The largest absolute Gasteiger partial charge is 0.410 e. The molecule has 6 aromatic rings. The van der Waals surface area contributed by atoms with Gasteiger partial charge in [0.15, 0.2) is 0 Å². The molecular weight excluding hydrogens is 590 g/mol. The van der Waals surface area contributed by atoms with E-state index < -0.39 is 37.3 Å². The molecule has 0 aliphatic rings. The Morgan fingerprint density at radius 1 is 0.659 bits per heavy atom. The van der Waals surface area contributed by atoms with E-state index in [0.717, 1.165) is 19.9 Å². The summed E-state index contributed by atoms with van der Waals surface area (Å²) in [4.78, 5) is 22.2. The van der Waals surface area contributed by atoms with Crippen molar-refractivity contribution < 1.29 is 26.3 Å². The Morgan fingerprint density at radius 3 is 1.43 bits per heavy atom. The number of nitrogens with zero attached hydrogens (tertiary/aromatic N) is 8. The number of hydrogen-bond acceptors (Lipinski definition) is 6. The molecule has 0 aliphatic heterocycles. The van der Waals surface area contributed by atoms with E-state index in [1.807, 2.05) is 0 Å². The zero-order valence-electron chi connectivity index (χ0n) is 22.3. The highest BCUT2D eigenvalue weighted by molar-refractivity contribution is 5.91. The maximum Gasteiger partial charge on any atom is 0.410 e. The zero-order valence-corrected chi connectivity index (χ0v) is 22.3. The fraction of sp³-hybridized carbons (Fsp3) is 0.214. The Hall–Kier alpha value is -5.64. The molecule has 16 heteroatoms. The molecule has 2 N–H and O–H groups in total. The molecule has 0 spiro atoms. The summed E-state index contributed by atoms with van der Waals surface area (Å²) in [5, 5.41) is 18.7. The van der Waals surface area contributed by atoms with Crippen LogP contribution in [0.5, 0.6) is 0 Å². The number of fused-ring (bicyclic) bond motifs is 2. The average Bonchev–Trinajstić information content (AvgIpc) is 3.79. The van der Waals surface area contributed by atoms with Crippen molar-refractivity contribution in [1.29, 1.82) is 10.5 Å². The minimum Gasteiger partial charge on any atom is -0.346 e. The molecule has 224 valence electrons. The van der Waals surface area contributed by atoms with Crippen molar-refractivity contribution in [1.82, 2.24) is 39.0 Å². The summed E-state index contributed by atoms with van der Waals surface area (Å²) in [6, 6.07) is 6.04. The van der Waals surface area contributed by atoms with Crippen LogP contribution < -0.4 is 0 Å². The van der Waals surface area contributed by atoms with E-state index >= 15 is 0 Å². The summed E-state index contributed by atoms with van der Waals surface area (Å²) in [7, 11) is 0. The molecule has 6 heterocycles. The van der Waals surface area contributed by atoms with Crippen LogP contribution in [0.15, 0.2) is 74.1 Å². The first-order valence-corrected chi connectivity index (χ1v) is 12.8. The number of nitriles is 2. The third-order valence-corrected chi connectivity index (χ3v) is 6.73. The second-order valence-electron chi connectivity index (χ2n) is 9.46. The first-order valence-electron chi connectivity index (χ1n) is 12.8. The highest BCUT2D eigenvalue weighted by Crippen LogP contribution is 2.36. The standard InChI is InChI=1S/2C14H10F3N5/c2*15-14(16,17)11(1-4-18)22-6-3-9(7-22)12-10-2-5-19-13(10)21-8-20-12/h2*2-3,5-8,11H,1H2,(H,19,20,21)/t2*11-/m10/s1. The number of hydrogen-bond donors (Lipinski definition) is 2. The summed E-state index contributed by atoms with van der Waals surface area (Å²) in [6.07, 6.45) is 1.15. The number of nitrogens with one attached hydrogen (secondary N) is 2. The van der Waals surface area contributed by atoms with Gasteiger partial charge in [-0.1, -0.05) is 0 Å². The Kier molecular flexibility index (Phi) is 8.09. The Bertz CT molecular complexity index is 1820. The lowest BCUT2D eigenvalue weighted by molar-refractivity contribution is -0.167. The molecule has 6 rings (SSSR count). The van der Waals surface area contributed by atoms with E-state index in [0.29, 0.717) is 33.8 Å². The molecule has 0 saturated heterocycles. The molecule has 0 aromatic carbocycles. The van der Waals surface area contributed by atoms with Gasteiger partial charge in [-0.2, -0.15) is 36.9 Å². The molecule has 0 amide bonds. The first-order chi connectivity index (χ1) is 21.0. The van der Waals surface area contributed by atoms with E-state index in [-0.39, 0.29) is 0 Å². The van der Waals surface area contributed by atoms with Gasteiger partial charge in [-0.25, -0.2) is 19.9 Å². The third kappa shape index (κ3) is 6.10. The Morgan fingerprint density at radius 2 is 1.07 bits per heavy atom. The van der Waals surface area contributed by atoms with Crippen molar-refractivity contribution in [3.63, 3.8) is 0 Å². The van der Waals surface area contributed by atoms with Crippen molar-refractivity contribution in [2.24, 2.45) is 0 Å². The van der Waals surface area contributed by atoms with E-state index in [4.69, 9.17) is 10.5 Å². The van der Waals surface area contributed by atoms with Crippen LogP contribution in [0, 0.1) is 22.7 Å². The van der Waals surface area contributed by atoms with Crippen LogP contribution in [0.4, 0.5) is 26.3 Å². The monoisotopic (exact) mass is 610 g/mol. The first kappa shape index (κ1) is 29.8. The lowest BCUT2D eigenvalue weighted by Gasteiger charge is -2.19. The molecule has 10 nitrogen and oxygen atoms in total. The van der Waals surface area contributed by atoms with Crippen LogP contribution in [0.1, 0.15) is 24.9 Å². The van der Waals surface area contributed by atoms with Crippen molar-refractivity contribution >= 4 is 22.1 Å². The molecule has 0 saturated carbocycles. The number of aromatic amines is 2. The molecule has 0 radical (unpaired) electrons. The van der Waals surface area contributed by atoms with Crippen LogP contribution in [-0.2, 0) is 0 Å². The molecule has 0 aliphatic carbocycles. The smallest absolute Gasteiger partial charge is 0.346 e. The molecule has 0 bridgehead atoms. The fourth-order valence-corrected chi connectivity index (χ4v) is 4.65. The van der Waals surface area contributed by atoms with Gasteiger partial charge in [0.2, 0.25) is 0 Å². The Labute approximate surface area is 244 Å². The van der Waals surface area contributed by atoms with Gasteiger partial charge in [0.05, 0.1) is 36.4 Å². The fourth-order valence-electron chi connectivity index (χ4n) is 4.65. The number of rotatable bonds is 6. The quantitative estimate of drug-likeness (QED) is 0.197. The second-order valence-corrected chi connectivity index (χ2v) is 9.46. The summed E-state index contributed by atoms with van der Waals surface area (Å²) in [5.41, 5.74) is 3.40. The van der Waals surface area contributed by atoms with Gasteiger partial charge in [0.1, 0.15) is 36.0 Å². The maximum absolute atomic E-state index is 13.0. The van der Waals surface area contributed by atoms with E-state index in [1.54, 1.807) is 48.8 Å². The number of H-pyrrole nitrogens is 2. The van der Waals surface area contributed by atoms with E-state index in [2.05, 4.69) is 29.9 Å². The van der Waals surface area contributed by atoms with Gasteiger partial charge < -0.3 is 19.1 Å². The third-order valence-electron chi connectivity index (χ3n) is 6.73. The Balaban J connectivity index is 0.000000175. The van der Waals surface area contributed by atoms with Gasteiger partial charge >= 0.3 is 12.4 Å². The predicted molar refractivity (Wildman–Crippen MR) is 145 cm³/mol.